The molecule has 1 amide bonds. The van der Waals surface area contributed by atoms with Gasteiger partial charge < -0.3 is 14.7 Å². The second-order valence-corrected chi connectivity index (χ2v) is 11.0. The van der Waals surface area contributed by atoms with Crippen molar-refractivity contribution in [3.05, 3.63) is 53.2 Å². The van der Waals surface area contributed by atoms with Crippen LogP contribution in [-0.4, -0.2) is 47.1 Å². The van der Waals surface area contributed by atoms with Gasteiger partial charge in [0.2, 0.25) is 17.6 Å². The normalized spacial score (nSPS) is 19.1. The highest BCUT2D eigenvalue weighted by molar-refractivity contribution is 7.13. The Morgan fingerprint density at radius 3 is 2.54 bits per heavy atom. The summed E-state index contributed by atoms with van der Waals surface area (Å²) in [6.07, 6.45) is 4.21. The Hall–Kier alpha value is -2.71. The van der Waals surface area contributed by atoms with Crippen LogP contribution in [0.4, 0.5) is 5.69 Å². The van der Waals surface area contributed by atoms with Crippen LogP contribution < -0.4 is 10.2 Å². The third-order valence-electron chi connectivity index (χ3n) is 7.43. The van der Waals surface area contributed by atoms with Gasteiger partial charge in [-0.3, -0.25) is 9.69 Å². The van der Waals surface area contributed by atoms with Gasteiger partial charge in [0.05, 0.1) is 17.5 Å². The summed E-state index contributed by atoms with van der Waals surface area (Å²) in [6, 6.07) is 12.7. The predicted molar refractivity (Wildman–Crippen MR) is 139 cm³/mol. The zero-order valence-corrected chi connectivity index (χ0v) is 21.5. The first kappa shape index (κ1) is 24.0. The van der Waals surface area contributed by atoms with E-state index in [0.717, 1.165) is 55.4 Å². The lowest BCUT2D eigenvalue weighted by molar-refractivity contribution is -0.127. The van der Waals surface area contributed by atoms with Gasteiger partial charge in [-0.05, 0) is 80.8 Å². The molecule has 186 valence electrons. The fourth-order valence-electron chi connectivity index (χ4n) is 5.02. The van der Waals surface area contributed by atoms with Crippen molar-refractivity contribution in [2.24, 2.45) is 11.8 Å². The molecule has 3 aromatic rings. The summed E-state index contributed by atoms with van der Waals surface area (Å²) < 4.78 is 5.44. The Kier molecular flexibility index (Phi) is 7.48. The van der Waals surface area contributed by atoms with Crippen molar-refractivity contribution in [1.29, 1.82) is 0 Å². The SMILES string of the molecule is CC1CCN(c2ccc(C(C)NC(=O)C3CCN(Cc4nc(-c5cccs5)no4)CC3)cc2)CC1. The zero-order valence-electron chi connectivity index (χ0n) is 20.7. The van der Waals surface area contributed by atoms with Gasteiger partial charge in [-0.2, -0.15) is 4.98 Å². The Bertz CT molecular complexity index is 1080. The molecule has 2 fully saturated rings. The van der Waals surface area contributed by atoms with Gasteiger partial charge in [0.15, 0.2) is 0 Å². The second-order valence-electron chi connectivity index (χ2n) is 10.0. The van der Waals surface area contributed by atoms with Crippen molar-refractivity contribution in [2.75, 3.05) is 31.1 Å². The van der Waals surface area contributed by atoms with Gasteiger partial charge in [0, 0.05) is 24.7 Å². The molecule has 2 aromatic heterocycles. The van der Waals surface area contributed by atoms with E-state index in [1.54, 1.807) is 11.3 Å². The predicted octanol–water partition coefficient (Wildman–Crippen LogP) is 5.12. The summed E-state index contributed by atoms with van der Waals surface area (Å²) in [7, 11) is 0. The minimum absolute atomic E-state index is 0.00465. The van der Waals surface area contributed by atoms with Crippen LogP contribution in [0.3, 0.4) is 0 Å². The Morgan fingerprint density at radius 2 is 1.86 bits per heavy atom. The monoisotopic (exact) mass is 493 g/mol. The van der Waals surface area contributed by atoms with Crippen LogP contribution in [0.15, 0.2) is 46.3 Å². The van der Waals surface area contributed by atoms with Gasteiger partial charge in [-0.15, -0.1) is 11.3 Å². The highest BCUT2D eigenvalue weighted by atomic mass is 32.1. The van der Waals surface area contributed by atoms with E-state index in [1.807, 2.05) is 17.5 Å². The van der Waals surface area contributed by atoms with Crippen LogP contribution in [0.1, 0.15) is 57.0 Å². The molecule has 4 heterocycles. The van der Waals surface area contributed by atoms with Crippen molar-refractivity contribution in [1.82, 2.24) is 20.4 Å². The van der Waals surface area contributed by atoms with E-state index in [1.165, 1.54) is 18.5 Å². The topological polar surface area (TPSA) is 74.5 Å². The van der Waals surface area contributed by atoms with E-state index in [9.17, 15) is 4.79 Å². The average Bonchev–Trinajstić information content (AvgIpc) is 3.57. The van der Waals surface area contributed by atoms with E-state index < -0.39 is 0 Å². The number of hydrogen-bond donors (Lipinski definition) is 1. The summed E-state index contributed by atoms with van der Waals surface area (Å²) in [5, 5.41) is 9.34. The number of hydrogen-bond acceptors (Lipinski definition) is 7. The van der Waals surface area contributed by atoms with E-state index in [-0.39, 0.29) is 17.9 Å². The lowest BCUT2D eigenvalue weighted by Gasteiger charge is -2.32. The molecule has 2 saturated heterocycles. The number of likely N-dealkylation sites (tertiary alicyclic amines) is 1. The molecule has 0 aliphatic carbocycles. The van der Waals surface area contributed by atoms with E-state index in [4.69, 9.17) is 4.52 Å². The molecular formula is C27H35N5O2S. The fourth-order valence-corrected chi connectivity index (χ4v) is 5.67. The maximum absolute atomic E-state index is 12.9. The molecule has 2 aliphatic heterocycles. The third-order valence-corrected chi connectivity index (χ3v) is 8.29. The molecule has 35 heavy (non-hydrogen) atoms. The number of nitrogens with one attached hydrogen (secondary N) is 1. The standard InChI is InChI=1S/C27H35N5O2S/c1-19-9-15-32(16-10-19)23-7-5-21(6-8-23)20(2)28-27(33)22-11-13-31(14-12-22)18-25-29-26(30-34-25)24-4-3-17-35-24/h3-8,17,19-20,22H,9-16,18H2,1-2H3,(H,28,33). The van der Waals surface area contributed by atoms with E-state index in [0.29, 0.717) is 18.3 Å². The van der Waals surface area contributed by atoms with Gasteiger partial charge in [-0.1, -0.05) is 30.3 Å². The van der Waals surface area contributed by atoms with Crippen molar-refractivity contribution in [3.63, 3.8) is 0 Å². The summed E-state index contributed by atoms with van der Waals surface area (Å²) in [5.41, 5.74) is 2.44. The Balaban J connectivity index is 1.08. The van der Waals surface area contributed by atoms with Crippen molar-refractivity contribution < 1.29 is 9.32 Å². The molecule has 1 aromatic carbocycles. The minimum atomic E-state index is 0.00465. The molecule has 8 heteroatoms. The van der Waals surface area contributed by atoms with Crippen LogP contribution in [0, 0.1) is 11.8 Å². The number of rotatable bonds is 7. The van der Waals surface area contributed by atoms with E-state index in [2.05, 4.69) is 63.4 Å². The van der Waals surface area contributed by atoms with Gasteiger partial charge in [-0.25, -0.2) is 0 Å². The maximum atomic E-state index is 12.9. The first-order valence-corrected chi connectivity index (χ1v) is 13.7. The number of thiophene rings is 1. The molecule has 7 nitrogen and oxygen atoms in total. The maximum Gasteiger partial charge on any atom is 0.241 e. The molecule has 0 bridgehead atoms. The first-order chi connectivity index (χ1) is 17.0. The number of nitrogens with zero attached hydrogens (tertiary/aromatic N) is 4. The van der Waals surface area contributed by atoms with Gasteiger partial charge in [0.1, 0.15) is 0 Å². The van der Waals surface area contributed by atoms with Gasteiger partial charge >= 0.3 is 0 Å². The number of amides is 1. The summed E-state index contributed by atoms with van der Waals surface area (Å²) in [4.78, 5) is 23.2. The number of benzene rings is 1. The Labute approximate surface area is 211 Å². The number of aromatic nitrogens is 2. The van der Waals surface area contributed by atoms with Crippen LogP contribution in [0.25, 0.3) is 10.7 Å². The highest BCUT2D eigenvalue weighted by Crippen LogP contribution is 2.26. The number of piperidine rings is 2. The average molecular weight is 494 g/mol. The number of anilines is 1. The van der Waals surface area contributed by atoms with Crippen LogP contribution in [0.2, 0.25) is 0 Å². The molecule has 0 spiro atoms. The molecule has 1 N–H and O–H groups in total. The lowest BCUT2D eigenvalue weighted by atomic mass is 9.95. The van der Waals surface area contributed by atoms with E-state index >= 15 is 0 Å². The first-order valence-electron chi connectivity index (χ1n) is 12.8. The smallest absolute Gasteiger partial charge is 0.241 e. The molecule has 0 saturated carbocycles. The third kappa shape index (κ3) is 5.93. The summed E-state index contributed by atoms with van der Waals surface area (Å²) in [6.45, 7) is 9.02. The molecule has 5 rings (SSSR count). The van der Waals surface area contributed by atoms with Crippen molar-refractivity contribution in [2.45, 2.75) is 52.1 Å². The quantitative estimate of drug-likeness (QED) is 0.492. The van der Waals surface area contributed by atoms with Crippen molar-refractivity contribution >= 4 is 22.9 Å². The highest BCUT2D eigenvalue weighted by Gasteiger charge is 2.27. The molecular weight excluding hydrogens is 458 g/mol. The molecule has 2 aliphatic rings. The summed E-state index contributed by atoms with van der Waals surface area (Å²) in [5.74, 6) is 2.32. The van der Waals surface area contributed by atoms with Crippen LogP contribution in [-0.2, 0) is 11.3 Å². The fraction of sp³-hybridized carbons (Fsp3) is 0.519. The molecule has 1 atom stereocenters. The second kappa shape index (κ2) is 10.9. The summed E-state index contributed by atoms with van der Waals surface area (Å²) >= 11 is 1.60. The minimum Gasteiger partial charge on any atom is -0.372 e. The zero-order chi connectivity index (χ0) is 24.2. The van der Waals surface area contributed by atoms with Gasteiger partial charge in [0.25, 0.3) is 0 Å². The van der Waals surface area contributed by atoms with Crippen molar-refractivity contribution in [3.8, 4) is 10.7 Å². The largest absolute Gasteiger partial charge is 0.372 e. The number of carbonyl (C=O) groups excluding carboxylic acids is 1. The lowest BCUT2D eigenvalue weighted by Crippen LogP contribution is -2.41. The Morgan fingerprint density at radius 1 is 1.11 bits per heavy atom. The number of carbonyl (C=O) groups is 1. The van der Waals surface area contributed by atoms with Crippen LogP contribution >= 0.6 is 11.3 Å². The molecule has 1 unspecified atom stereocenters. The molecule has 0 radical (unpaired) electrons. The van der Waals surface area contributed by atoms with Crippen LogP contribution in [0.5, 0.6) is 0 Å².